The van der Waals surface area contributed by atoms with Gasteiger partial charge in [0.1, 0.15) is 0 Å². The third kappa shape index (κ3) is 6.37. The summed E-state index contributed by atoms with van der Waals surface area (Å²) in [5.74, 6) is 1.83. The van der Waals surface area contributed by atoms with Crippen molar-refractivity contribution in [3.8, 4) is 78.9 Å². The van der Waals surface area contributed by atoms with Gasteiger partial charge >= 0.3 is 0 Å². The Morgan fingerprint density at radius 1 is 0.250 bits per heavy atom. The maximum atomic E-state index is 5.33. The van der Waals surface area contributed by atoms with E-state index in [1.54, 1.807) is 0 Å². The van der Waals surface area contributed by atoms with Crippen LogP contribution in [0.25, 0.3) is 101 Å². The van der Waals surface area contributed by atoms with Gasteiger partial charge in [-0.05, 0) is 40.5 Å². The minimum absolute atomic E-state index is 0.593. The Morgan fingerprint density at radius 2 is 0.714 bits per heavy atom. The monoisotopic (exact) mass is 715 g/mol. The zero-order chi connectivity index (χ0) is 37.3. The molecule has 5 heteroatoms. The topological polar surface area (TPSA) is 64.5 Å². The third-order valence-corrected chi connectivity index (χ3v) is 10.1. The van der Waals surface area contributed by atoms with Crippen LogP contribution in [0.15, 0.2) is 200 Å². The highest BCUT2D eigenvalue weighted by molar-refractivity contribution is 6.09. The molecule has 0 aliphatic heterocycles. The van der Waals surface area contributed by atoms with Crippen molar-refractivity contribution >= 4 is 21.8 Å². The highest BCUT2D eigenvalue weighted by Crippen LogP contribution is 2.36. The fourth-order valence-electron chi connectivity index (χ4n) is 7.26. The number of fused-ring (bicyclic) bond motifs is 3. The summed E-state index contributed by atoms with van der Waals surface area (Å²) >= 11 is 0. The molecule has 10 rings (SSSR count). The van der Waals surface area contributed by atoms with E-state index < -0.39 is 0 Å². The average Bonchev–Trinajstić information content (AvgIpc) is 3.29. The van der Waals surface area contributed by atoms with E-state index in [0.717, 1.165) is 83.3 Å². The zero-order valence-corrected chi connectivity index (χ0v) is 30.3. The van der Waals surface area contributed by atoms with Crippen LogP contribution in [0, 0.1) is 0 Å². The van der Waals surface area contributed by atoms with E-state index >= 15 is 0 Å². The summed E-state index contributed by atoms with van der Waals surface area (Å²) in [6.07, 6.45) is 0. The second-order valence-corrected chi connectivity index (χ2v) is 13.7. The largest absolute Gasteiger partial charge is 0.245 e. The lowest BCUT2D eigenvalue weighted by molar-refractivity contribution is 1.07. The van der Waals surface area contributed by atoms with Gasteiger partial charge in [-0.25, -0.2) is 24.9 Å². The van der Waals surface area contributed by atoms with E-state index in [1.807, 2.05) is 60.7 Å². The summed E-state index contributed by atoms with van der Waals surface area (Å²) in [7, 11) is 0. The fraction of sp³-hybridized carbons (Fsp3) is 0. The molecule has 0 amide bonds. The van der Waals surface area contributed by atoms with Gasteiger partial charge in [-0.15, -0.1) is 0 Å². The molecule has 0 unspecified atom stereocenters. The Labute approximate surface area is 324 Å². The van der Waals surface area contributed by atoms with E-state index in [0.29, 0.717) is 17.5 Å². The summed E-state index contributed by atoms with van der Waals surface area (Å²) < 4.78 is 0. The summed E-state index contributed by atoms with van der Waals surface area (Å²) in [5.41, 5.74) is 12.8. The van der Waals surface area contributed by atoms with Gasteiger partial charge in [-0.3, -0.25) is 0 Å². The minimum Gasteiger partial charge on any atom is -0.245 e. The van der Waals surface area contributed by atoms with Gasteiger partial charge in [0.05, 0.1) is 22.4 Å². The molecule has 0 saturated heterocycles. The number of nitrogens with zero attached hydrogens (tertiary/aromatic N) is 5. The lowest BCUT2D eigenvalue weighted by atomic mass is 9.97. The van der Waals surface area contributed by atoms with Gasteiger partial charge in [0.15, 0.2) is 17.5 Å². The lowest BCUT2D eigenvalue weighted by Crippen LogP contribution is -2.00. The first-order chi connectivity index (χ1) is 27.7. The van der Waals surface area contributed by atoms with Gasteiger partial charge in [0, 0.05) is 38.6 Å². The predicted octanol–water partition coefficient (Wildman–Crippen LogP) is 12.6. The second-order valence-electron chi connectivity index (χ2n) is 13.7. The number of aromatic nitrogens is 5. The first-order valence-corrected chi connectivity index (χ1v) is 18.7. The van der Waals surface area contributed by atoms with Crippen molar-refractivity contribution in [1.29, 1.82) is 0 Å². The molecule has 262 valence electrons. The van der Waals surface area contributed by atoms with E-state index in [-0.39, 0.29) is 0 Å². The van der Waals surface area contributed by atoms with Gasteiger partial charge < -0.3 is 0 Å². The predicted molar refractivity (Wildman–Crippen MR) is 228 cm³/mol. The number of hydrogen-bond acceptors (Lipinski definition) is 5. The van der Waals surface area contributed by atoms with Crippen molar-refractivity contribution in [2.75, 3.05) is 0 Å². The highest BCUT2D eigenvalue weighted by atomic mass is 15.0. The summed E-state index contributed by atoms with van der Waals surface area (Å²) in [6.45, 7) is 0. The summed E-state index contributed by atoms with van der Waals surface area (Å²) in [4.78, 5) is 25.6. The Balaban J connectivity index is 1.09. The molecule has 7 aromatic carbocycles. The molecule has 0 aliphatic carbocycles. The van der Waals surface area contributed by atoms with Gasteiger partial charge in [0.2, 0.25) is 0 Å². The van der Waals surface area contributed by atoms with E-state index in [1.165, 1.54) is 0 Å². The van der Waals surface area contributed by atoms with Crippen LogP contribution in [0.3, 0.4) is 0 Å². The Kier molecular flexibility index (Phi) is 8.43. The van der Waals surface area contributed by atoms with Gasteiger partial charge in [-0.1, -0.05) is 182 Å². The van der Waals surface area contributed by atoms with Crippen molar-refractivity contribution in [3.63, 3.8) is 0 Å². The normalized spacial score (nSPS) is 11.2. The maximum Gasteiger partial charge on any atom is 0.164 e. The molecule has 0 aliphatic rings. The molecular formula is C51H33N5. The minimum atomic E-state index is 0.593. The molecule has 0 bridgehead atoms. The third-order valence-electron chi connectivity index (χ3n) is 10.1. The molecular weight excluding hydrogens is 683 g/mol. The number of hydrogen-bond donors (Lipinski definition) is 0. The second kappa shape index (κ2) is 14.3. The number of benzene rings is 7. The molecule has 3 aromatic heterocycles. The molecule has 0 saturated carbocycles. The number of rotatable bonds is 7. The van der Waals surface area contributed by atoms with Crippen molar-refractivity contribution in [1.82, 2.24) is 24.9 Å². The Hall–Kier alpha value is -7.63. The zero-order valence-electron chi connectivity index (χ0n) is 30.3. The molecule has 56 heavy (non-hydrogen) atoms. The van der Waals surface area contributed by atoms with Crippen LogP contribution in [0.5, 0.6) is 0 Å². The molecule has 3 heterocycles. The first-order valence-electron chi connectivity index (χ1n) is 18.7. The summed E-state index contributed by atoms with van der Waals surface area (Å²) in [5, 5.41) is 2.09. The van der Waals surface area contributed by atoms with Crippen molar-refractivity contribution < 1.29 is 0 Å². The van der Waals surface area contributed by atoms with Crippen LogP contribution in [0.4, 0.5) is 0 Å². The van der Waals surface area contributed by atoms with Crippen LogP contribution >= 0.6 is 0 Å². The van der Waals surface area contributed by atoms with Crippen molar-refractivity contribution in [2.24, 2.45) is 0 Å². The smallest absolute Gasteiger partial charge is 0.164 e. The van der Waals surface area contributed by atoms with Crippen LogP contribution in [-0.2, 0) is 0 Å². The molecule has 0 fully saturated rings. The van der Waals surface area contributed by atoms with E-state index in [2.05, 4.69) is 140 Å². The Bertz CT molecular complexity index is 2990. The fourth-order valence-corrected chi connectivity index (χ4v) is 7.26. The van der Waals surface area contributed by atoms with E-state index in [9.17, 15) is 0 Å². The van der Waals surface area contributed by atoms with Crippen molar-refractivity contribution in [3.05, 3.63) is 200 Å². The highest BCUT2D eigenvalue weighted by Gasteiger charge is 2.16. The van der Waals surface area contributed by atoms with Crippen LogP contribution < -0.4 is 0 Å². The van der Waals surface area contributed by atoms with Gasteiger partial charge in [0.25, 0.3) is 0 Å². The van der Waals surface area contributed by atoms with Crippen molar-refractivity contribution in [2.45, 2.75) is 0 Å². The lowest BCUT2D eigenvalue weighted by Gasteiger charge is -2.13. The molecule has 10 aromatic rings. The molecule has 0 radical (unpaired) electrons. The van der Waals surface area contributed by atoms with E-state index in [4.69, 9.17) is 24.9 Å². The first kappa shape index (κ1) is 33.0. The number of pyridine rings is 2. The van der Waals surface area contributed by atoms with Crippen LogP contribution in [-0.4, -0.2) is 24.9 Å². The molecule has 0 atom stereocenters. The maximum absolute atomic E-state index is 5.33. The summed E-state index contributed by atoms with van der Waals surface area (Å²) in [6, 6.07) is 68.7. The SMILES string of the molecule is c1ccc(-c2ccc(-c3nc(-c4ccccc4)nc(-c4cccc(-c5ccc6ccc7c(-c8ccccc8)cc(-c8ccccc8)nc7c6n5)c4)n3)cc2)cc1. The molecule has 0 N–H and O–H groups in total. The Morgan fingerprint density at radius 3 is 1.38 bits per heavy atom. The average molecular weight is 716 g/mol. The quantitative estimate of drug-likeness (QED) is 0.154. The van der Waals surface area contributed by atoms with Crippen LogP contribution in [0.2, 0.25) is 0 Å². The van der Waals surface area contributed by atoms with Crippen LogP contribution in [0.1, 0.15) is 0 Å². The molecule has 5 nitrogen and oxygen atoms in total. The standard InChI is InChI=1S/C51H33N5/c1-5-14-34(15-6-1)35-24-26-40(27-25-35)50-54-49(39-20-11-4-12-21-39)55-51(56-50)42-23-13-22-41(32-42)45-31-29-38-28-30-43-44(36-16-7-2-8-17-36)33-46(37-18-9-3-10-19-37)53-48(43)47(38)52-45/h1-33H. The van der Waals surface area contributed by atoms with Gasteiger partial charge in [-0.2, -0.15) is 0 Å². The molecule has 0 spiro atoms.